The molecule has 0 saturated heterocycles. The van der Waals surface area contributed by atoms with Crippen molar-refractivity contribution in [1.82, 2.24) is 5.32 Å². The van der Waals surface area contributed by atoms with Crippen LogP contribution in [0.5, 0.6) is 0 Å². The molecule has 1 aromatic carbocycles. The Balaban J connectivity index is 2.00. The fourth-order valence-electron chi connectivity index (χ4n) is 1.81. The van der Waals surface area contributed by atoms with E-state index in [0.29, 0.717) is 29.6 Å². The summed E-state index contributed by atoms with van der Waals surface area (Å²) in [6, 6.07) is 5.13. The van der Waals surface area contributed by atoms with Crippen LogP contribution in [0.1, 0.15) is 12.0 Å². The highest BCUT2D eigenvalue weighted by Gasteiger charge is 2.15. The molecule has 1 aliphatic heterocycles. The van der Waals surface area contributed by atoms with Gasteiger partial charge < -0.3 is 16.0 Å². The first-order chi connectivity index (χ1) is 9.04. The Hall–Kier alpha value is -1.82. The molecular formula is C13H14BrN3O2. The second-order valence-electron chi connectivity index (χ2n) is 4.25. The van der Waals surface area contributed by atoms with Gasteiger partial charge in [0.15, 0.2) is 0 Å². The molecule has 1 aromatic rings. The molecule has 19 heavy (non-hydrogen) atoms. The smallest absolute Gasteiger partial charge is 0.319 e. The van der Waals surface area contributed by atoms with Crippen LogP contribution in [0.25, 0.3) is 0 Å². The highest BCUT2D eigenvalue weighted by molar-refractivity contribution is 9.11. The number of halogens is 1. The first kappa shape index (κ1) is 13.6. The van der Waals surface area contributed by atoms with Gasteiger partial charge in [0, 0.05) is 22.3 Å². The Morgan fingerprint density at radius 1 is 1.42 bits per heavy atom. The van der Waals surface area contributed by atoms with Crippen LogP contribution in [-0.4, -0.2) is 18.5 Å². The van der Waals surface area contributed by atoms with E-state index in [9.17, 15) is 9.59 Å². The minimum Gasteiger partial charge on any atom is -0.333 e. The van der Waals surface area contributed by atoms with Gasteiger partial charge in [-0.25, -0.2) is 4.79 Å². The Morgan fingerprint density at radius 3 is 2.95 bits per heavy atom. The number of rotatable bonds is 3. The van der Waals surface area contributed by atoms with E-state index in [0.717, 1.165) is 11.3 Å². The van der Waals surface area contributed by atoms with Gasteiger partial charge in [-0.05, 0) is 30.2 Å². The Labute approximate surface area is 119 Å². The van der Waals surface area contributed by atoms with Gasteiger partial charge in [-0.1, -0.05) is 22.5 Å². The van der Waals surface area contributed by atoms with Gasteiger partial charge in [0.2, 0.25) is 5.91 Å². The summed E-state index contributed by atoms with van der Waals surface area (Å²) in [5.41, 5.74) is 2.55. The zero-order chi connectivity index (χ0) is 13.8. The molecule has 0 unspecified atom stereocenters. The Morgan fingerprint density at radius 2 is 2.21 bits per heavy atom. The summed E-state index contributed by atoms with van der Waals surface area (Å²) in [7, 11) is 0. The summed E-state index contributed by atoms with van der Waals surface area (Å²) in [5, 5.41) is 8.18. The van der Waals surface area contributed by atoms with Crippen molar-refractivity contribution in [2.75, 3.05) is 17.2 Å². The second-order valence-corrected chi connectivity index (χ2v) is 5.37. The van der Waals surface area contributed by atoms with E-state index in [-0.39, 0.29) is 11.9 Å². The van der Waals surface area contributed by atoms with Crippen LogP contribution in [0.4, 0.5) is 16.2 Å². The normalized spacial score (nSPS) is 13.2. The molecule has 6 heteroatoms. The number of aryl methyl sites for hydroxylation is 1. The van der Waals surface area contributed by atoms with Crippen LogP contribution in [0.3, 0.4) is 0 Å². The predicted octanol–water partition coefficient (Wildman–Crippen LogP) is 2.60. The maximum atomic E-state index is 11.6. The lowest BCUT2D eigenvalue weighted by Crippen LogP contribution is -2.29. The third kappa shape index (κ3) is 3.82. The molecule has 0 bridgehead atoms. The van der Waals surface area contributed by atoms with Crippen molar-refractivity contribution in [3.8, 4) is 0 Å². The highest BCUT2D eigenvalue weighted by atomic mass is 79.9. The monoisotopic (exact) mass is 323 g/mol. The van der Waals surface area contributed by atoms with Gasteiger partial charge in [0.1, 0.15) is 0 Å². The van der Waals surface area contributed by atoms with Crippen LogP contribution < -0.4 is 16.0 Å². The average Bonchev–Trinajstić information content (AvgIpc) is 2.36. The van der Waals surface area contributed by atoms with Crippen molar-refractivity contribution in [2.24, 2.45) is 0 Å². The molecule has 1 heterocycles. The average molecular weight is 324 g/mol. The fraction of sp³-hybridized carbons (Fsp3) is 0.231. The minimum absolute atomic E-state index is 0.0294. The first-order valence-corrected chi connectivity index (χ1v) is 6.65. The lowest BCUT2D eigenvalue weighted by atomic mass is 10.0. The maximum absolute atomic E-state index is 11.6. The van der Waals surface area contributed by atoms with Crippen LogP contribution in [0.15, 0.2) is 29.3 Å². The van der Waals surface area contributed by atoms with Crippen LogP contribution >= 0.6 is 15.9 Å². The van der Waals surface area contributed by atoms with Gasteiger partial charge >= 0.3 is 6.03 Å². The van der Waals surface area contributed by atoms with Crippen molar-refractivity contribution in [3.63, 3.8) is 0 Å². The van der Waals surface area contributed by atoms with Crippen LogP contribution in [-0.2, 0) is 11.2 Å². The van der Waals surface area contributed by atoms with E-state index >= 15 is 0 Å². The maximum Gasteiger partial charge on any atom is 0.319 e. The number of hydrogen-bond donors (Lipinski definition) is 3. The molecule has 100 valence electrons. The molecule has 5 nitrogen and oxygen atoms in total. The Bertz CT molecular complexity index is 543. The third-order valence-electron chi connectivity index (χ3n) is 2.70. The number of hydrogen-bond acceptors (Lipinski definition) is 2. The van der Waals surface area contributed by atoms with E-state index in [1.807, 2.05) is 6.07 Å². The van der Waals surface area contributed by atoms with Crippen molar-refractivity contribution in [2.45, 2.75) is 12.8 Å². The predicted molar refractivity (Wildman–Crippen MR) is 78.5 cm³/mol. The summed E-state index contributed by atoms with van der Waals surface area (Å²) in [6.45, 7) is 4.00. The SMILES string of the molecule is C=C(Br)CNC(=O)Nc1ccc2c(c1)CCC(=O)N2. The van der Waals surface area contributed by atoms with Crippen molar-refractivity contribution in [3.05, 3.63) is 34.8 Å². The molecular weight excluding hydrogens is 310 g/mol. The topological polar surface area (TPSA) is 70.2 Å². The van der Waals surface area contributed by atoms with Gasteiger partial charge in [0.25, 0.3) is 0 Å². The summed E-state index contributed by atoms with van der Waals surface area (Å²) < 4.78 is 0.704. The molecule has 0 radical (unpaired) electrons. The molecule has 3 N–H and O–H groups in total. The summed E-state index contributed by atoms with van der Waals surface area (Å²) in [5.74, 6) is 0.0294. The van der Waals surface area contributed by atoms with Crippen LogP contribution in [0, 0.1) is 0 Å². The lowest BCUT2D eigenvalue weighted by molar-refractivity contribution is -0.116. The lowest BCUT2D eigenvalue weighted by Gasteiger charge is -2.17. The van der Waals surface area contributed by atoms with Crippen molar-refractivity contribution in [1.29, 1.82) is 0 Å². The summed E-state index contributed by atoms with van der Waals surface area (Å²) in [6.07, 6.45) is 1.17. The Kier molecular flexibility index (Phi) is 4.21. The van der Waals surface area contributed by atoms with E-state index in [1.54, 1.807) is 12.1 Å². The standard InChI is InChI=1S/C13H14BrN3O2/c1-8(14)7-15-13(19)16-10-3-4-11-9(6-10)2-5-12(18)17-11/h3-4,6H,1-2,5,7H2,(H,17,18)(H2,15,16,19). The number of urea groups is 1. The number of carbonyl (C=O) groups excluding carboxylic acids is 2. The van der Waals surface area contributed by atoms with Gasteiger partial charge in [-0.2, -0.15) is 0 Å². The minimum atomic E-state index is -0.291. The molecule has 3 amide bonds. The number of anilines is 2. The highest BCUT2D eigenvalue weighted by Crippen LogP contribution is 2.25. The van der Waals surface area contributed by atoms with Gasteiger partial charge in [0.05, 0.1) is 6.54 Å². The zero-order valence-electron chi connectivity index (χ0n) is 10.3. The molecule has 0 fully saturated rings. The van der Waals surface area contributed by atoms with E-state index in [4.69, 9.17) is 0 Å². The third-order valence-corrected chi connectivity index (χ3v) is 2.98. The number of amides is 3. The van der Waals surface area contributed by atoms with E-state index in [2.05, 4.69) is 38.5 Å². The van der Waals surface area contributed by atoms with Crippen molar-refractivity contribution >= 4 is 39.2 Å². The molecule has 1 aliphatic rings. The quantitative estimate of drug-likeness (QED) is 0.800. The molecule has 0 saturated carbocycles. The largest absolute Gasteiger partial charge is 0.333 e. The number of nitrogens with one attached hydrogen (secondary N) is 3. The van der Waals surface area contributed by atoms with Crippen molar-refractivity contribution < 1.29 is 9.59 Å². The number of carbonyl (C=O) groups is 2. The van der Waals surface area contributed by atoms with Crippen LogP contribution in [0.2, 0.25) is 0 Å². The van der Waals surface area contributed by atoms with Gasteiger partial charge in [-0.3, -0.25) is 4.79 Å². The fourth-order valence-corrected chi connectivity index (χ4v) is 1.95. The molecule has 2 rings (SSSR count). The van der Waals surface area contributed by atoms with E-state index < -0.39 is 0 Å². The summed E-state index contributed by atoms with van der Waals surface area (Å²) in [4.78, 5) is 22.8. The molecule has 0 aliphatic carbocycles. The molecule has 0 spiro atoms. The molecule has 0 aromatic heterocycles. The second kappa shape index (κ2) is 5.88. The van der Waals surface area contributed by atoms with E-state index in [1.165, 1.54) is 0 Å². The zero-order valence-corrected chi connectivity index (χ0v) is 11.8. The first-order valence-electron chi connectivity index (χ1n) is 5.85. The van der Waals surface area contributed by atoms with Gasteiger partial charge in [-0.15, -0.1) is 0 Å². The molecule has 0 atom stereocenters. The summed E-state index contributed by atoms with van der Waals surface area (Å²) >= 11 is 3.17. The number of fused-ring (bicyclic) bond motifs is 1. The number of benzene rings is 1.